The summed E-state index contributed by atoms with van der Waals surface area (Å²) in [7, 11) is 2.19. The number of thiol groups is 1. The van der Waals surface area contributed by atoms with Crippen LogP contribution in [0.25, 0.3) is 0 Å². The molecule has 0 aliphatic carbocycles. The number of amides is 1. The molecule has 1 fully saturated rings. The van der Waals surface area contributed by atoms with Crippen molar-refractivity contribution in [1.82, 2.24) is 4.90 Å². The van der Waals surface area contributed by atoms with Crippen LogP contribution in [0.2, 0.25) is 0 Å². The van der Waals surface area contributed by atoms with Crippen LogP contribution in [0.1, 0.15) is 34.3 Å². The SMILES string of the molecule is CN1CCC(Sc2ccc(Cc3ccc(C(=O)N=C(N)N)cc3S)cc2)CC1. The highest BCUT2D eigenvalue weighted by molar-refractivity contribution is 8.00. The molecule has 3 rings (SSSR count). The molecule has 0 aromatic heterocycles. The summed E-state index contributed by atoms with van der Waals surface area (Å²) in [6, 6.07) is 14.1. The zero-order valence-electron chi connectivity index (χ0n) is 16.0. The van der Waals surface area contributed by atoms with Crippen LogP contribution in [0, 0.1) is 0 Å². The molecular formula is C21H26N4OS2. The molecule has 0 atom stereocenters. The van der Waals surface area contributed by atoms with E-state index in [2.05, 4.69) is 53.8 Å². The zero-order valence-corrected chi connectivity index (χ0v) is 17.7. The van der Waals surface area contributed by atoms with E-state index >= 15 is 0 Å². The van der Waals surface area contributed by atoms with E-state index in [1.54, 1.807) is 12.1 Å². The van der Waals surface area contributed by atoms with Gasteiger partial charge in [-0.2, -0.15) is 4.99 Å². The first kappa shape index (κ1) is 20.8. The minimum atomic E-state index is -0.461. The molecule has 0 spiro atoms. The highest BCUT2D eigenvalue weighted by Crippen LogP contribution is 2.30. The molecule has 0 radical (unpaired) electrons. The third-order valence-electron chi connectivity index (χ3n) is 4.85. The van der Waals surface area contributed by atoms with Crippen LogP contribution in [-0.2, 0) is 6.42 Å². The molecule has 0 saturated carbocycles. The second-order valence-corrected chi connectivity index (χ2v) is 8.98. The Bertz CT molecular complexity index is 855. The highest BCUT2D eigenvalue weighted by Gasteiger charge is 2.17. The molecule has 1 saturated heterocycles. The predicted octanol–water partition coefficient (Wildman–Crippen LogP) is 3.17. The van der Waals surface area contributed by atoms with E-state index in [0.29, 0.717) is 10.8 Å². The number of likely N-dealkylation sites (tertiary alicyclic amines) is 1. The molecule has 1 aliphatic rings. The fraction of sp³-hybridized carbons (Fsp3) is 0.333. The van der Waals surface area contributed by atoms with Gasteiger partial charge in [0.05, 0.1) is 0 Å². The van der Waals surface area contributed by atoms with Crippen LogP contribution in [-0.4, -0.2) is 42.2 Å². The van der Waals surface area contributed by atoms with Crippen LogP contribution in [0.5, 0.6) is 0 Å². The van der Waals surface area contributed by atoms with Crippen molar-refractivity contribution in [3.05, 3.63) is 59.2 Å². The van der Waals surface area contributed by atoms with E-state index in [-0.39, 0.29) is 5.96 Å². The van der Waals surface area contributed by atoms with Gasteiger partial charge in [0.25, 0.3) is 5.91 Å². The number of nitrogens with two attached hydrogens (primary N) is 2. The van der Waals surface area contributed by atoms with Crippen molar-refractivity contribution < 1.29 is 4.79 Å². The molecular weight excluding hydrogens is 388 g/mol. The Morgan fingerprint density at radius 3 is 2.46 bits per heavy atom. The molecule has 0 bridgehead atoms. The normalized spacial score (nSPS) is 15.4. The Labute approximate surface area is 176 Å². The number of carbonyl (C=O) groups is 1. The van der Waals surface area contributed by atoms with E-state index in [9.17, 15) is 4.79 Å². The fourth-order valence-corrected chi connectivity index (χ4v) is 4.65. The molecule has 7 heteroatoms. The largest absolute Gasteiger partial charge is 0.370 e. The van der Waals surface area contributed by atoms with Crippen LogP contribution in [0.15, 0.2) is 57.2 Å². The summed E-state index contributed by atoms with van der Waals surface area (Å²) >= 11 is 6.51. The first-order valence-electron chi connectivity index (χ1n) is 9.30. The Morgan fingerprint density at radius 2 is 1.86 bits per heavy atom. The maximum absolute atomic E-state index is 11.9. The lowest BCUT2D eigenvalue weighted by Crippen LogP contribution is -2.31. The van der Waals surface area contributed by atoms with Crippen molar-refractivity contribution in [1.29, 1.82) is 0 Å². The molecule has 4 N–H and O–H groups in total. The zero-order chi connectivity index (χ0) is 20.1. The van der Waals surface area contributed by atoms with Crippen molar-refractivity contribution in [2.45, 2.75) is 34.3 Å². The number of carbonyl (C=O) groups excluding carboxylic acids is 1. The molecule has 2 aromatic rings. The molecule has 1 aliphatic heterocycles. The van der Waals surface area contributed by atoms with E-state index in [1.165, 1.54) is 36.4 Å². The number of thioether (sulfide) groups is 1. The maximum atomic E-state index is 11.9. The lowest BCUT2D eigenvalue weighted by atomic mass is 10.0. The number of hydrogen-bond acceptors (Lipinski definition) is 4. The minimum Gasteiger partial charge on any atom is -0.370 e. The second-order valence-electron chi connectivity index (χ2n) is 7.13. The fourth-order valence-electron chi connectivity index (χ4n) is 3.23. The third kappa shape index (κ3) is 5.77. The Hall–Kier alpha value is -1.96. The topological polar surface area (TPSA) is 84.7 Å². The van der Waals surface area contributed by atoms with Gasteiger partial charge in [-0.05, 0) is 74.8 Å². The monoisotopic (exact) mass is 414 g/mol. The standard InChI is InChI=1S/C21H26N4OS2/c1-25-10-8-18(9-11-25)28-17-6-2-14(3-7-17)12-15-4-5-16(13-19(15)27)20(26)24-21(22)23/h2-7,13,18,27H,8-12H2,1H3,(H4,22,23,24,26). The van der Waals surface area contributed by atoms with Crippen molar-refractivity contribution in [2.75, 3.05) is 20.1 Å². The van der Waals surface area contributed by atoms with Crippen LogP contribution in [0.4, 0.5) is 0 Å². The lowest BCUT2D eigenvalue weighted by molar-refractivity contribution is 0.100. The number of piperidine rings is 1. The summed E-state index contributed by atoms with van der Waals surface area (Å²) in [5, 5.41) is 0.710. The first-order chi connectivity index (χ1) is 13.4. The molecule has 0 unspecified atom stereocenters. The molecule has 2 aromatic carbocycles. The van der Waals surface area contributed by atoms with Crippen LogP contribution in [0.3, 0.4) is 0 Å². The van der Waals surface area contributed by atoms with Gasteiger partial charge in [-0.15, -0.1) is 24.4 Å². The lowest BCUT2D eigenvalue weighted by Gasteiger charge is -2.28. The van der Waals surface area contributed by atoms with Crippen molar-refractivity contribution in [3.8, 4) is 0 Å². The Morgan fingerprint density at radius 1 is 1.18 bits per heavy atom. The van der Waals surface area contributed by atoms with Gasteiger partial charge in [-0.3, -0.25) is 4.79 Å². The number of guanidine groups is 1. The van der Waals surface area contributed by atoms with Gasteiger partial charge >= 0.3 is 0 Å². The predicted molar refractivity (Wildman–Crippen MR) is 119 cm³/mol. The van der Waals surface area contributed by atoms with Crippen LogP contribution >= 0.6 is 24.4 Å². The van der Waals surface area contributed by atoms with E-state index in [4.69, 9.17) is 11.5 Å². The Kier molecular flexibility index (Phi) is 7.04. The van der Waals surface area contributed by atoms with Gasteiger partial charge in [-0.1, -0.05) is 18.2 Å². The maximum Gasteiger partial charge on any atom is 0.280 e. The molecule has 1 heterocycles. The number of rotatable bonds is 5. The van der Waals surface area contributed by atoms with E-state index in [0.717, 1.165) is 16.9 Å². The highest BCUT2D eigenvalue weighted by atomic mass is 32.2. The van der Waals surface area contributed by atoms with Gasteiger partial charge in [0.1, 0.15) is 0 Å². The number of aliphatic imine (C=N–C) groups is 1. The smallest absolute Gasteiger partial charge is 0.280 e. The summed E-state index contributed by atoms with van der Waals surface area (Å²) in [5.74, 6) is -0.704. The second kappa shape index (κ2) is 9.49. The number of nitrogens with zero attached hydrogens (tertiary/aromatic N) is 2. The summed E-state index contributed by atoms with van der Waals surface area (Å²) in [4.78, 5) is 19.9. The number of hydrogen-bond donors (Lipinski definition) is 3. The van der Waals surface area contributed by atoms with E-state index < -0.39 is 5.91 Å². The van der Waals surface area contributed by atoms with Gasteiger partial charge in [0.2, 0.25) is 0 Å². The quantitative estimate of drug-likeness (QED) is 0.398. The summed E-state index contributed by atoms with van der Waals surface area (Å²) < 4.78 is 0. The Balaban J connectivity index is 1.62. The van der Waals surface area contributed by atoms with E-state index in [1.807, 2.05) is 17.8 Å². The van der Waals surface area contributed by atoms with Gasteiger partial charge in [0.15, 0.2) is 5.96 Å². The molecule has 28 heavy (non-hydrogen) atoms. The number of benzene rings is 2. The summed E-state index contributed by atoms with van der Waals surface area (Å²) in [6.45, 7) is 2.37. The first-order valence-corrected chi connectivity index (χ1v) is 10.6. The summed E-state index contributed by atoms with van der Waals surface area (Å²) in [6.07, 6.45) is 3.25. The third-order valence-corrected chi connectivity index (χ3v) is 6.61. The average Bonchev–Trinajstić information content (AvgIpc) is 2.66. The van der Waals surface area contributed by atoms with Crippen molar-refractivity contribution in [2.24, 2.45) is 16.5 Å². The molecule has 1 amide bonds. The molecule has 5 nitrogen and oxygen atoms in total. The summed E-state index contributed by atoms with van der Waals surface area (Å²) in [5.41, 5.74) is 13.2. The van der Waals surface area contributed by atoms with Crippen LogP contribution < -0.4 is 11.5 Å². The molecule has 148 valence electrons. The van der Waals surface area contributed by atoms with Gasteiger partial charge in [-0.25, -0.2) is 0 Å². The van der Waals surface area contributed by atoms with Crippen molar-refractivity contribution >= 4 is 36.3 Å². The average molecular weight is 415 g/mol. The van der Waals surface area contributed by atoms with Gasteiger partial charge in [0, 0.05) is 20.6 Å². The van der Waals surface area contributed by atoms with Crippen molar-refractivity contribution in [3.63, 3.8) is 0 Å². The minimum absolute atomic E-state index is 0.243. The van der Waals surface area contributed by atoms with Gasteiger partial charge < -0.3 is 16.4 Å².